The molecule has 3 aromatic rings. The van der Waals surface area contributed by atoms with Gasteiger partial charge in [0.15, 0.2) is 0 Å². The topological polar surface area (TPSA) is 0 Å². The van der Waals surface area contributed by atoms with E-state index in [4.69, 9.17) is 11.6 Å². The maximum Gasteiger partial charge on any atom is 0.0409 e. The van der Waals surface area contributed by atoms with Gasteiger partial charge in [0.1, 0.15) is 0 Å². The molecule has 0 fully saturated rings. The van der Waals surface area contributed by atoms with Crippen LogP contribution in [-0.4, -0.2) is 0 Å². The van der Waals surface area contributed by atoms with Crippen molar-refractivity contribution in [3.05, 3.63) is 82.4 Å². The summed E-state index contributed by atoms with van der Waals surface area (Å²) in [6, 6.07) is 21.5. The van der Waals surface area contributed by atoms with E-state index in [1.807, 2.05) is 12.1 Å². The van der Waals surface area contributed by atoms with Crippen molar-refractivity contribution in [2.24, 2.45) is 0 Å². The van der Waals surface area contributed by atoms with Gasteiger partial charge in [-0.3, -0.25) is 0 Å². The molecule has 0 aliphatic heterocycles. The highest BCUT2D eigenvalue weighted by molar-refractivity contribution is 6.30. The Bertz CT molecular complexity index is 846. The van der Waals surface area contributed by atoms with Crippen LogP contribution < -0.4 is 0 Å². The first-order valence-corrected chi connectivity index (χ1v) is 7.58. The molecule has 0 saturated carbocycles. The number of benzene rings is 3. The predicted molar refractivity (Wildman–Crippen MR) is 89.9 cm³/mol. The maximum absolute atomic E-state index is 6.10. The van der Waals surface area contributed by atoms with Crippen LogP contribution in [0.3, 0.4) is 0 Å². The summed E-state index contributed by atoms with van der Waals surface area (Å²) in [6.07, 6.45) is 1.03. The molecule has 1 heteroatoms. The Kier molecular flexibility index (Phi) is 2.87. The van der Waals surface area contributed by atoms with Crippen molar-refractivity contribution in [2.45, 2.75) is 13.3 Å². The van der Waals surface area contributed by atoms with Crippen molar-refractivity contribution in [3.63, 3.8) is 0 Å². The summed E-state index contributed by atoms with van der Waals surface area (Å²) in [5.74, 6) is 0. The summed E-state index contributed by atoms with van der Waals surface area (Å²) in [6.45, 7) is 2.13. The van der Waals surface area contributed by atoms with Gasteiger partial charge in [-0.1, -0.05) is 60.1 Å². The lowest BCUT2D eigenvalue weighted by molar-refractivity contribution is 1.26. The Morgan fingerprint density at radius 1 is 0.762 bits per heavy atom. The second-order valence-electron chi connectivity index (χ2n) is 5.63. The third-order valence-corrected chi connectivity index (χ3v) is 4.53. The first-order chi connectivity index (χ1) is 10.2. The zero-order chi connectivity index (χ0) is 14.4. The van der Waals surface area contributed by atoms with Gasteiger partial charge in [-0.25, -0.2) is 0 Å². The largest absolute Gasteiger partial charge is 0.0843 e. The molecule has 0 nitrogen and oxygen atoms in total. The van der Waals surface area contributed by atoms with E-state index in [0.29, 0.717) is 0 Å². The lowest BCUT2D eigenvalue weighted by Gasteiger charge is -2.12. The third-order valence-electron chi connectivity index (χ3n) is 4.30. The van der Waals surface area contributed by atoms with Crippen LogP contribution in [0.5, 0.6) is 0 Å². The van der Waals surface area contributed by atoms with Gasteiger partial charge in [0.05, 0.1) is 0 Å². The van der Waals surface area contributed by atoms with Gasteiger partial charge in [-0.2, -0.15) is 0 Å². The van der Waals surface area contributed by atoms with Gasteiger partial charge >= 0.3 is 0 Å². The van der Waals surface area contributed by atoms with Crippen LogP contribution in [0.4, 0.5) is 0 Å². The van der Waals surface area contributed by atoms with Crippen molar-refractivity contribution < 1.29 is 0 Å². The molecule has 102 valence electrons. The third kappa shape index (κ3) is 1.99. The highest BCUT2D eigenvalue weighted by atomic mass is 35.5. The van der Waals surface area contributed by atoms with E-state index in [-0.39, 0.29) is 0 Å². The quantitative estimate of drug-likeness (QED) is 0.410. The summed E-state index contributed by atoms with van der Waals surface area (Å²) >= 11 is 6.10. The average Bonchev–Trinajstić information content (AvgIpc) is 2.86. The number of halogens is 1. The number of hydrogen-bond acceptors (Lipinski definition) is 0. The SMILES string of the molecule is Cc1cc(Cl)ccc1-c1cccc2c1-c1ccccc1C2. The van der Waals surface area contributed by atoms with Crippen molar-refractivity contribution in [3.8, 4) is 22.3 Å². The monoisotopic (exact) mass is 290 g/mol. The van der Waals surface area contributed by atoms with Gasteiger partial charge < -0.3 is 0 Å². The van der Waals surface area contributed by atoms with E-state index >= 15 is 0 Å². The molecule has 1 aliphatic rings. The number of hydrogen-bond donors (Lipinski definition) is 0. The molecule has 0 spiro atoms. The number of aryl methyl sites for hydroxylation is 1. The van der Waals surface area contributed by atoms with E-state index < -0.39 is 0 Å². The zero-order valence-electron chi connectivity index (χ0n) is 11.9. The van der Waals surface area contributed by atoms with E-state index in [1.165, 1.54) is 38.9 Å². The van der Waals surface area contributed by atoms with E-state index in [0.717, 1.165) is 11.4 Å². The molecule has 0 saturated heterocycles. The van der Waals surface area contributed by atoms with Crippen LogP contribution in [0.25, 0.3) is 22.3 Å². The smallest absolute Gasteiger partial charge is 0.0409 e. The predicted octanol–water partition coefficient (Wildman–Crippen LogP) is 5.89. The Hall–Kier alpha value is -2.05. The minimum Gasteiger partial charge on any atom is -0.0843 e. The first-order valence-electron chi connectivity index (χ1n) is 7.21. The highest BCUT2D eigenvalue weighted by Gasteiger charge is 2.21. The van der Waals surface area contributed by atoms with Crippen LogP contribution >= 0.6 is 11.6 Å². The minimum atomic E-state index is 0.796. The Morgan fingerprint density at radius 2 is 1.52 bits per heavy atom. The Morgan fingerprint density at radius 3 is 2.38 bits per heavy atom. The molecule has 0 N–H and O–H groups in total. The summed E-state index contributed by atoms with van der Waals surface area (Å²) in [7, 11) is 0. The van der Waals surface area contributed by atoms with Crippen LogP contribution in [0.1, 0.15) is 16.7 Å². The van der Waals surface area contributed by atoms with Gasteiger partial charge in [-0.05, 0) is 64.4 Å². The van der Waals surface area contributed by atoms with Gasteiger partial charge in [0.2, 0.25) is 0 Å². The average molecular weight is 291 g/mol. The van der Waals surface area contributed by atoms with Crippen LogP contribution in [0, 0.1) is 6.92 Å². The second kappa shape index (κ2) is 4.75. The van der Waals surface area contributed by atoms with Crippen LogP contribution in [0.2, 0.25) is 5.02 Å². The van der Waals surface area contributed by atoms with Crippen molar-refractivity contribution >= 4 is 11.6 Å². The van der Waals surface area contributed by atoms with Gasteiger partial charge in [-0.15, -0.1) is 0 Å². The Balaban J connectivity index is 2.00. The fourth-order valence-electron chi connectivity index (χ4n) is 3.34. The van der Waals surface area contributed by atoms with Gasteiger partial charge in [0, 0.05) is 5.02 Å². The van der Waals surface area contributed by atoms with E-state index in [9.17, 15) is 0 Å². The molecule has 0 atom stereocenters. The van der Waals surface area contributed by atoms with Crippen LogP contribution in [0.15, 0.2) is 60.7 Å². The summed E-state index contributed by atoms with van der Waals surface area (Å²) < 4.78 is 0. The fourth-order valence-corrected chi connectivity index (χ4v) is 3.57. The highest BCUT2D eigenvalue weighted by Crippen LogP contribution is 2.43. The Labute approximate surface area is 130 Å². The number of rotatable bonds is 1. The molecule has 4 rings (SSSR count). The lowest BCUT2D eigenvalue weighted by Crippen LogP contribution is -1.88. The molecule has 0 aromatic heterocycles. The number of fused-ring (bicyclic) bond motifs is 3. The molecular weight excluding hydrogens is 276 g/mol. The second-order valence-corrected chi connectivity index (χ2v) is 6.07. The fraction of sp³-hybridized carbons (Fsp3) is 0.100. The molecule has 0 radical (unpaired) electrons. The standard InChI is InChI=1S/C20H15Cl/c1-13-11-16(21)9-10-17(13)19-8-4-6-15-12-14-5-2-3-7-18(14)20(15)19/h2-11H,12H2,1H3. The molecular formula is C20H15Cl. The molecule has 1 aliphatic carbocycles. The first kappa shape index (κ1) is 12.7. The molecule has 0 heterocycles. The van der Waals surface area contributed by atoms with Crippen molar-refractivity contribution in [2.75, 3.05) is 0 Å². The van der Waals surface area contributed by atoms with E-state index in [1.54, 1.807) is 0 Å². The maximum atomic E-state index is 6.10. The summed E-state index contributed by atoms with van der Waals surface area (Å²) in [5, 5.41) is 0.796. The van der Waals surface area contributed by atoms with Gasteiger partial charge in [0.25, 0.3) is 0 Å². The van der Waals surface area contributed by atoms with E-state index in [2.05, 4.69) is 55.5 Å². The lowest BCUT2D eigenvalue weighted by atomic mass is 9.92. The molecule has 3 aromatic carbocycles. The van der Waals surface area contributed by atoms with Crippen LogP contribution in [-0.2, 0) is 6.42 Å². The molecule has 21 heavy (non-hydrogen) atoms. The minimum absolute atomic E-state index is 0.796. The van der Waals surface area contributed by atoms with Crippen molar-refractivity contribution in [1.29, 1.82) is 0 Å². The summed E-state index contributed by atoms with van der Waals surface area (Å²) in [5.41, 5.74) is 9.41. The molecule has 0 unspecified atom stereocenters. The normalized spacial score (nSPS) is 12.1. The molecule has 0 bridgehead atoms. The summed E-state index contributed by atoms with van der Waals surface area (Å²) in [4.78, 5) is 0. The zero-order valence-corrected chi connectivity index (χ0v) is 12.6. The van der Waals surface area contributed by atoms with Crippen molar-refractivity contribution in [1.82, 2.24) is 0 Å². The molecule has 0 amide bonds.